The molecule has 2 heterocycles. The van der Waals surface area contributed by atoms with Gasteiger partial charge in [-0.3, -0.25) is 14.5 Å². The van der Waals surface area contributed by atoms with Gasteiger partial charge in [0, 0.05) is 38.3 Å². The number of fused-ring (bicyclic) bond motifs is 1. The summed E-state index contributed by atoms with van der Waals surface area (Å²) in [5, 5.41) is 4.16. The van der Waals surface area contributed by atoms with Crippen molar-refractivity contribution in [2.24, 2.45) is 0 Å². The third-order valence-electron chi connectivity index (χ3n) is 5.79. The second-order valence-corrected chi connectivity index (χ2v) is 7.55. The molecule has 1 aromatic carbocycles. The van der Waals surface area contributed by atoms with E-state index >= 15 is 0 Å². The molecule has 1 aromatic heterocycles. The molecule has 6 nitrogen and oxygen atoms in total. The van der Waals surface area contributed by atoms with Crippen molar-refractivity contribution in [3.63, 3.8) is 0 Å². The van der Waals surface area contributed by atoms with Gasteiger partial charge in [0.25, 0.3) is 5.56 Å². The average molecular weight is 366 g/mol. The topological polar surface area (TPSA) is 58.4 Å². The Bertz CT molecular complexity index is 884. The van der Waals surface area contributed by atoms with Crippen molar-refractivity contribution in [3.05, 3.63) is 63.6 Å². The lowest BCUT2D eigenvalue weighted by Gasteiger charge is -2.41. The normalized spacial score (nSPS) is 20.3. The van der Waals surface area contributed by atoms with Crippen molar-refractivity contribution in [1.82, 2.24) is 19.6 Å². The van der Waals surface area contributed by atoms with Crippen molar-refractivity contribution in [3.8, 4) is 0 Å². The Morgan fingerprint density at radius 2 is 1.81 bits per heavy atom. The summed E-state index contributed by atoms with van der Waals surface area (Å²) in [5.74, 6) is -0.0242. The monoisotopic (exact) mass is 366 g/mol. The summed E-state index contributed by atoms with van der Waals surface area (Å²) < 4.78 is 1.27. The van der Waals surface area contributed by atoms with Crippen LogP contribution in [0, 0.1) is 6.92 Å². The number of rotatable bonds is 3. The lowest BCUT2D eigenvalue weighted by Crippen LogP contribution is -2.53. The van der Waals surface area contributed by atoms with Gasteiger partial charge in [0.15, 0.2) is 0 Å². The number of hydrogen-bond acceptors (Lipinski definition) is 4. The standard InChI is InChI=1S/C21H26N4O2/c1-16-6-9-20(26)25(22-16)15-21(27)24-12-10-23(11-13-24)19-8-7-17-4-2-3-5-18(17)14-19/h2-6,9,19H,7-8,10-15H2,1H3/t19-/m0/s1. The maximum absolute atomic E-state index is 12.6. The summed E-state index contributed by atoms with van der Waals surface area (Å²) in [6.07, 6.45) is 3.43. The first-order valence-corrected chi connectivity index (χ1v) is 9.73. The molecular formula is C21H26N4O2. The van der Waals surface area contributed by atoms with Gasteiger partial charge in [0.2, 0.25) is 5.91 Å². The Kier molecular flexibility index (Phi) is 5.07. The van der Waals surface area contributed by atoms with E-state index in [1.807, 2.05) is 11.8 Å². The van der Waals surface area contributed by atoms with E-state index in [4.69, 9.17) is 0 Å². The van der Waals surface area contributed by atoms with Gasteiger partial charge in [-0.05, 0) is 43.4 Å². The second kappa shape index (κ2) is 7.64. The highest BCUT2D eigenvalue weighted by atomic mass is 16.2. The lowest BCUT2D eigenvalue weighted by molar-refractivity contribution is -0.134. The van der Waals surface area contributed by atoms with Gasteiger partial charge >= 0.3 is 0 Å². The predicted molar refractivity (Wildman–Crippen MR) is 104 cm³/mol. The van der Waals surface area contributed by atoms with Crippen LogP contribution in [-0.4, -0.2) is 57.7 Å². The molecule has 2 aromatic rings. The first kappa shape index (κ1) is 17.9. The Hall–Kier alpha value is -2.47. The van der Waals surface area contributed by atoms with E-state index in [1.165, 1.54) is 28.3 Å². The van der Waals surface area contributed by atoms with Crippen molar-refractivity contribution >= 4 is 5.91 Å². The minimum atomic E-state index is -0.228. The number of carbonyl (C=O) groups is 1. The zero-order valence-corrected chi connectivity index (χ0v) is 15.8. The van der Waals surface area contributed by atoms with Gasteiger partial charge in [-0.15, -0.1) is 0 Å². The first-order chi connectivity index (χ1) is 13.1. The third kappa shape index (κ3) is 3.95. The van der Waals surface area contributed by atoms with Crippen LogP contribution in [0.5, 0.6) is 0 Å². The molecule has 2 aliphatic rings. The quantitative estimate of drug-likeness (QED) is 0.821. The maximum Gasteiger partial charge on any atom is 0.267 e. The molecule has 0 radical (unpaired) electrons. The molecule has 1 aliphatic heterocycles. The van der Waals surface area contributed by atoms with Crippen LogP contribution >= 0.6 is 0 Å². The van der Waals surface area contributed by atoms with E-state index in [2.05, 4.69) is 34.3 Å². The highest BCUT2D eigenvalue weighted by Crippen LogP contribution is 2.25. The summed E-state index contributed by atoms with van der Waals surface area (Å²) in [5.41, 5.74) is 3.47. The smallest absolute Gasteiger partial charge is 0.267 e. The molecule has 1 fully saturated rings. The van der Waals surface area contributed by atoms with Gasteiger partial charge in [-0.2, -0.15) is 5.10 Å². The van der Waals surface area contributed by atoms with Gasteiger partial charge < -0.3 is 4.90 Å². The van der Waals surface area contributed by atoms with Crippen molar-refractivity contribution < 1.29 is 4.79 Å². The number of carbonyl (C=O) groups excluding carboxylic acids is 1. The zero-order chi connectivity index (χ0) is 18.8. The van der Waals surface area contributed by atoms with Gasteiger partial charge in [-0.25, -0.2) is 4.68 Å². The van der Waals surface area contributed by atoms with Gasteiger partial charge in [-0.1, -0.05) is 24.3 Å². The maximum atomic E-state index is 12.6. The van der Waals surface area contributed by atoms with Crippen LogP contribution < -0.4 is 5.56 Å². The lowest BCUT2D eigenvalue weighted by atomic mass is 9.87. The fourth-order valence-corrected chi connectivity index (χ4v) is 4.22. The SMILES string of the molecule is Cc1ccc(=O)n(CC(=O)N2CCN([C@H]3CCc4ccccc4C3)CC2)n1. The molecule has 1 aliphatic carbocycles. The Balaban J connectivity index is 1.33. The molecule has 1 amide bonds. The van der Waals surface area contributed by atoms with E-state index < -0.39 is 0 Å². The number of amides is 1. The highest BCUT2D eigenvalue weighted by Gasteiger charge is 2.28. The van der Waals surface area contributed by atoms with Crippen molar-refractivity contribution in [2.45, 2.75) is 38.8 Å². The molecule has 142 valence electrons. The number of hydrogen-bond donors (Lipinski definition) is 0. The van der Waals surface area contributed by atoms with Crippen LogP contribution in [0.4, 0.5) is 0 Å². The summed E-state index contributed by atoms with van der Waals surface area (Å²) in [6.45, 7) is 5.08. The Labute approximate surface area is 159 Å². The van der Waals surface area contributed by atoms with Crippen LogP contribution in [0.3, 0.4) is 0 Å². The van der Waals surface area contributed by atoms with E-state index in [-0.39, 0.29) is 18.0 Å². The molecule has 0 unspecified atom stereocenters. The molecule has 1 atom stereocenters. The van der Waals surface area contributed by atoms with Crippen molar-refractivity contribution in [2.75, 3.05) is 26.2 Å². The van der Waals surface area contributed by atoms with E-state index in [9.17, 15) is 9.59 Å². The number of aromatic nitrogens is 2. The average Bonchev–Trinajstić information content (AvgIpc) is 2.70. The Morgan fingerprint density at radius 1 is 1.07 bits per heavy atom. The number of nitrogens with zero attached hydrogens (tertiary/aromatic N) is 4. The summed E-state index contributed by atoms with van der Waals surface area (Å²) >= 11 is 0. The van der Waals surface area contributed by atoms with Crippen molar-refractivity contribution in [1.29, 1.82) is 0 Å². The van der Waals surface area contributed by atoms with E-state index in [0.29, 0.717) is 6.04 Å². The fourth-order valence-electron chi connectivity index (χ4n) is 4.22. The first-order valence-electron chi connectivity index (χ1n) is 9.73. The minimum absolute atomic E-state index is 0.0242. The molecule has 6 heteroatoms. The number of aryl methyl sites for hydroxylation is 2. The second-order valence-electron chi connectivity index (χ2n) is 7.55. The van der Waals surface area contributed by atoms with Crippen LogP contribution in [0.2, 0.25) is 0 Å². The largest absolute Gasteiger partial charge is 0.339 e. The van der Waals surface area contributed by atoms with Gasteiger partial charge in [0.1, 0.15) is 6.54 Å². The fraction of sp³-hybridized carbons (Fsp3) is 0.476. The molecule has 0 bridgehead atoms. The number of benzene rings is 1. The minimum Gasteiger partial charge on any atom is -0.339 e. The summed E-state index contributed by atoms with van der Waals surface area (Å²) in [4.78, 5) is 28.8. The zero-order valence-electron chi connectivity index (χ0n) is 15.8. The molecule has 1 saturated heterocycles. The molecule has 0 spiro atoms. The summed E-state index contributed by atoms with van der Waals surface area (Å²) in [7, 11) is 0. The van der Waals surface area contributed by atoms with Crippen LogP contribution in [0.1, 0.15) is 23.2 Å². The predicted octanol–water partition coefficient (Wildman–Crippen LogP) is 1.25. The summed E-state index contributed by atoms with van der Waals surface area (Å²) in [6, 6.07) is 12.4. The molecule has 0 saturated carbocycles. The van der Waals surface area contributed by atoms with Crippen LogP contribution in [-0.2, 0) is 24.2 Å². The molecule has 4 rings (SSSR count). The van der Waals surface area contributed by atoms with Crippen LogP contribution in [0.25, 0.3) is 0 Å². The molecule has 0 N–H and O–H groups in total. The molecular weight excluding hydrogens is 340 g/mol. The Morgan fingerprint density at radius 3 is 2.59 bits per heavy atom. The van der Waals surface area contributed by atoms with E-state index in [1.54, 1.807) is 6.07 Å². The third-order valence-corrected chi connectivity index (χ3v) is 5.79. The highest BCUT2D eigenvalue weighted by molar-refractivity contribution is 5.76. The van der Waals surface area contributed by atoms with Gasteiger partial charge in [0.05, 0.1) is 5.69 Å². The number of piperazine rings is 1. The molecule has 27 heavy (non-hydrogen) atoms. The van der Waals surface area contributed by atoms with E-state index in [0.717, 1.165) is 44.7 Å². The van der Waals surface area contributed by atoms with Crippen LogP contribution in [0.15, 0.2) is 41.2 Å².